The molecule has 0 radical (unpaired) electrons. The van der Waals surface area contributed by atoms with Crippen molar-refractivity contribution in [2.75, 3.05) is 12.4 Å². The Hall–Kier alpha value is -2.64. The lowest BCUT2D eigenvalue weighted by Crippen LogP contribution is -2.10. The standard InChI is InChI=1S/C18H14N2O3S2/c1-10-9-25-17(19-10)12-6-7-24-18(12)20-16(21)14-8-11-4-3-5-13(22-2)15(11)23-14/h3-9H,1-2H3,(H,20,21). The number of furan rings is 1. The molecule has 7 heteroatoms. The van der Waals surface area contributed by atoms with Crippen molar-refractivity contribution in [3.63, 3.8) is 0 Å². The predicted molar refractivity (Wildman–Crippen MR) is 101 cm³/mol. The Labute approximate surface area is 151 Å². The average molecular weight is 370 g/mol. The van der Waals surface area contributed by atoms with E-state index in [1.165, 1.54) is 11.3 Å². The van der Waals surface area contributed by atoms with E-state index in [0.717, 1.165) is 26.7 Å². The molecule has 0 saturated heterocycles. The molecule has 5 nitrogen and oxygen atoms in total. The van der Waals surface area contributed by atoms with Crippen molar-refractivity contribution < 1.29 is 13.9 Å². The number of aryl methyl sites for hydroxylation is 1. The molecule has 126 valence electrons. The molecule has 0 aliphatic carbocycles. The van der Waals surface area contributed by atoms with E-state index in [9.17, 15) is 4.79 Å². The summed E-state index contributed by atoms with van der Waals surface area (Å²) >= 11 is 3.02. The van der Waals surface area contributed by atoms with Crippen LogP contribution in [-0.2, 0) is 0 Å². The highest BCUT2D eigenvalue weighted by molar-refractivity contribution is 7.17. The third-order valence-electron chi connectivity index (χ3n) is 3.69. The van der Waals surface area contributed by atoms with Crippen LogP contribution < -0.4 is 10.1 Å². The van der Waals surface area contributed by atoms with E-state index in [0.29, 0.717) is 11.3 Å². The molecule has 0 fully saturated rings. The van der Waals surface area contributed by atoms with Gasteiger partial charge in [-0.2, -0.15) is 0 Å². The third-order valence-corrected chi connectivity index (χ3v) is 5.52. The van der Waals surface area contributed by atoms with Gasteiger partial charge in [-0.25, -0.2) is 4.98 Å². The molecule has 3 heterocycles. The number of ether oxygens (including phenoxy) is 1. The number of rotatable bonds is 4. The molecule has 1 amide bonds. The Morgan fingerprint density at radius 2 is 2.16 bits per heavy atom. The number of para-hydroxylation sites is 1. The zero-order valence-corrected chi connectivity index (χ0v) is 15.2. The van der Waals surface area contributed by atoms with E-state index in [-0.39, 0.29) is 11.7 Å². The molecule has 4 aromatic rings. The van der Waals surface area contributed by atoms with Gasteiger partial charge in [0.25, 0.3) is 5.91 Å². The lowest BCUT2D eigenvalue weighted by atomic mass is 10.2. The number of thiophene rings is 1. The van der Waals surface area contributed by atoms with Gasteiger partial charge in [0.2, 0.25) is 0 Å². The van der Waals surface area contributed by atoms with Crippen LogP contribution in [0.1, 0.15) is 16.2 Å². The van der Waals surface area contributed by atoms with E-state index in [1.54, 1.807) is 30.6 Å². The highest BCUT2D eigenvalue weighted by Crippen LogP contribution is 2.36. The number of nitrogens with one attached hydrogen (secondary N) is 1. The van der Waals surface area contributed by atoms with Crippen molar-refractivity contribution in [2.45, 2.75) is 6.92 Å². The summed E-state index contributed by atoms with van der Waals surface area (Å²) in [4.78, 5) is 17.1. The Kier molecular flexibility index (Phi) is 4.03. The highest BCUT2D eigenvalue weighted by atomic mass is 32.1. The van der Waals surface area contributed by atoms with Crippen LogP contribution in [-0.4, -0.2) is 18.0 Å². The highest BCUT2D eigenvalue weighted by Gasteiger charge is 2.18. The Balaban J connectivity index is 1.64. The number of anilines is 1. The smallest absolute Gasteiger partial charge is 0.292 e. The summed E-state index contributed by atoms with van der Waals surface area (Å²) in [7, 11) is 1.57. The second kappa shape index (κ2) is 6.34. The van der Waals surface area contributed by atoms with Gasteiger partial charge in [0, 0.05) is 22.0 Å². The normalized spacial score (nSPS) is 11.0. The first kappa shape index (κ1) is 15.9. The minimum atomic E-state index is -0.296. The zero-order valence-electron chi connectivity index (χ0n) is 13.5. The first-order valence-electron chi connectivity index (χ1n) is 7.53. The number of amides is 1. The van der Waals surface area contributed by atoms with Crippen molar-refractivity contribution in [3.8, 4) is 16.3 Å². The molecule has 0 spiro atoms. The summed E-state index contributed by atoms with van der Waals surface area (Å²) < 4.78 is 11.0. The molecule has 0 aliphatic rings. The van der Waals surface area contributed by atoms with E-state index < -0.39 is 0 Å². The second-order valence-electron chi connectivity index (χ2n) is 5.40. The fraction of sp³-hybridized carbons (Fsp3) is 0.111. The van der Waals surface area contributed by atoms with Crippen molar-refractivity contribution in [2.24, 2.45) is 0 Å². The van der Waals surface area contributed by atoms with Crippen LogP contribution >= 0.6 is 22.7 Å². The summed E-state index contributed by atoms with van der Waals surface area (Å²) in [5.74, 6) is 0.552. The summed E-state index contributed by atoms with van der Waals surface area (Å²) in [6, 6.07) is 9.22. The molecular formula is C18H14N2O3S2. The molecule has 0 bridgehead atoms. The van der Waals surface area contributed by atoms with E-state index >= 15 is 0 Å². The van der Waals surface area contributed by atoms with Gasteiger partial charge in [0.1, 0.15) is 10.0 Å². The van der Waals surface area contributed by atoms with Gasteiger partial charge >= 0.3 is 0 Å². The van der Waals surface area contributed by atoms with Gasteiger partial charge in [0.15, 0.2) is 17.1 Å². The first-order chi connectivity index (χ1) is 12.2. The van der Waals surface area contributed by atoms with E-state index in [1.807, 2.05) is 35.9 Å². The zero-order chi connectivity index (χ0) is 17.4. The maximum absolute atomic E-state index is 12.6. The molecular weight excluding hydrogens is 356 g/mol. The minimum Gasteiger partial charge on any atom is -0.493 e. The number of methoxy groups -OCH3 is 1. The number of thiazole rings is 1. The van der Waals surface area contributed by atoms with Gasteiger partial charge in [-0.15, -0.1) is 22.7 Å². The summed E-state index contributed by atoms with van der Waals surface area (Å²) in [5, 5.41) is 9.32. The van der Waals surface area contributed by atoms with Crippen LogP contribution in [0.15, 0.2) is 45.5 Å². The van der Waals surface area contributed by atoms with Crippen LogP contribution in [0.25, 0.3) is 21.5 Å². The van der Waals surface area contributed by atoms with Crippen molar-refractivity contribution >= 4 is 44.6 Å². The fourth-order valence-electron chi connectivity index (χ4n) is 2.53. The van der Waals surface area contributed by atoms with Gasteiger partial charge in [-0.3, -0.25) is 4.79 Å². The van der Waals surface area contributed by atoms with E-state index in [2.05, 4.69) is 10.3 Å². The number of hydrogen-bond acceptors (Lipinski definition) is 6. The molecule has 4 rings (SSSR count). The SMILES string of the molecule is COc1cccc2cc(C(=O)Nc3sccc3-c3nc(C)cs3)oc12. The van der Waals surface area contributed by atoms with Gasteiger partial charge in [-0.05, 0) is 30.5 Å². The molecule has 0 unspecified atom stereocenters. The largest absolute Gasteiger partial charge is 0.493 e. The number of carbonyl (C=O) groups is 1. The number of fused-ring (bicyclic) bond motifs is 1. The van der Waals surface area contributed by atoms with Crippen molar-refractivity contribution in [1.29, 1.82) is 0 Å². The average Bonchev–Trinajstić information content (AvgIpc) is 3.32. The van der Waals surface area contributed by atoms with Crippen LogP contribution in [0.5, 0.6) is 5.75 Å². The molecule has 0 atom stereocenters. The topological polar surface area (TPSA) is 64.4 Å². The van der Waals surface area contributed by atoms with Crippen LogP contribution in [0, 0.1) is 6.92 Å². The fourth-order valence-corrected chi connectivity index (χ4v) is 4.20. The quantitative estimate of drug-likeness (QED) is 0.537. The van der Waals surface area contributed by atoms with Crippen LogP contribution in [0.2, 0.25) is 0 Å². The number of nitrogens with zero attached hydrogens (tertiary/aromatic N) is 1. The first-order valence-corrected chi connectivity index (χ1v) is 9.29. The second-order valence-corrected chi connectivity index (χ2v) is 7.18. The minimum absolute atomic E-state index is 0.245. The van der Waals surface area contributed by atoms with Crippen LogP contribution in [0.4, 0.5) is 5.00 Å². The van der Waals surface area contributed by atoms with E-state index in [4.69, 9.17) is 9.15 Å². The lowest BCUT2D eigenvalue weighted by molar-refractivity contribution is 0.0999. The maximum Gasteiger partial charge on any atom is 0.292 e. The number of hydrogen-bond donors (Lipinski definition) is 1. The summed E-state index contributed by atoms with van der Waals surface area (Å²) in [5.41, 5.74) is 2.45. The van der Waals surface area contributed by atoms with Crippen molar-refractivity contribution in [1.82, 2.24) is 4.98 Å². The summed E-state index contributed by atoms with van der Waals surface area (Å²) in [6.07, 6.45) is 0. The molecule has 25 heavy (non-hydrogen) atoms. The molecule has 1 aromatic carbocycles. The van der Waals surface area contributed by atoms with Gasteiger partial charge in [-0.1, -0.05) is 12.1 Å². The lowest BCUT2D eigenvalue weighted by Gasteiger charge is -2.03. The molecule has 0 aliphatic heterocycles. The van der Waals surface area contributed by atoms with Gasteiger partial charge in [0.05, 0.1) is 7.11 Å². The predicted octanol–water partition coefficient (Wildman–Crippen LogP) is 5.19. The molecule has 1 N–H and O–H groups in total. The van der Waals surface area contributed by atoms with Gasteiger partial charge < -0.3 is 14.5 Å². The number of benzene rings is 1. The van der Waals surface area contributed by atoms with Crippen molar-refractivity contribution in [3.05, 3.63) is 52.5 Å². The monoisotopic (exact) mass is 370 g/mol. The maximum atomic E-state index is 12.6. The Morgan fingerprint density at radius 1 is 1.28 bits per heavy atom. The Morgan fingerprint density at radius 3 is 2.92 bits per heavy atom. The molecule has 0 saturated carbocycles. The van der Waals surface area contributed by atoms with Crippen LogP contribution in [0.3, 0.4) is 0 Å². The number of aromatic nitrogens is 1. The Bertz CT molecular complexity index is 1060. The summed E-state index contributed by atoms with van der Waals surface area (Å²) in [6.45, 7) is 1.95. The number of carbonyl (C=O) groups excluding carboxylic acids is 1. The third kappa shape index (κ3) is 2.92. The molecule has 3 aromatic heterocycles.